The molecule has 0 radical (unpaired) electrons. The molecule has 1 fully saturated rings. The van der Waals surface area contributed by atoms with E-state index in [0.29, 0.717) is 19.5 Å². The van der Waals surface area contributed by atoms with Crippen molar-refractivity contribution in [3.05, 3.63) is 69.9 Å². The summed E-state index contributed by atoms with van der Waals surface area (Å²) >= 11 is 7.13. The highest BCUT2D eigenvalue weighted by molar-refractivity contribution is 7.89. The predicted octanol–water partition coefficient (Wildman–Crippen LogP) is 4.94. The number of hydrogen-bond acceptors (Lipinski definition) is 6. The molecule has 1 saturated heterocycles. The Balaban J connectivity index is 1.37. The number of piperazine rings is 1. The number of hydrogen-bond donors (Lipinski definition) is 0. The van der Waals surface area contributed by atoms with Crippen molar-refractivity contribution in [3.63, 3.8) is 0 Å². The number of anilines is 1. The van der Waals surface area contributed by atoms with Crippen LogP contribution in [0, 0.1) is 5.82 Å². The Morgan fingerprint density at radius 3 is 2.35 bits per heavy atom. The van der Waals surface area contributed by atoms with Gasteiger partial charge in [-0.25, -0.2) is 17.8 Å². The molecule has 2 aromatic carbocycles. The van der Waals surface area contributed by atoms with Gasteiger partial charge in [0.05, 0.1) is 15.6 Å². The summed E-state index contributed by atoms with van der Waals surface area (Å²) in [6.45, 7) is 1.19. The number of nitrogens with zero attached hydrogens (tertiary/aromatic N) is 3. The number of sulfonamides is 1. The largest absolute Gasteiger partial charge is 0.573 e. The second-order valence-electron chi connectivity index (χ2n) is 7.46. The molecule has 0 amide bonds. The van der Waals surface area contributed by atoms with Crippen LogP contribution < -0.4 is 9.64 Å². The second-order valence-corrected chi connectivity index (χ2v) is 10.6. The molecule has 6 nitrogen and oxygen atoms in total. The van der Waals surface area contributed by atoms with Gasteiger partial charge in [-0.05, 0) is 42.0 Å². The molecule has 0 N–H and O–H groups in total. The molecule has 2 heterocycles. The molecule has 0 atom stereocenters. The molecule has 4 rings (SSSR count). The number of thiazole rings is 1. The van der Waals surface area contributed by atoms with Gasteiger partial charge in [-0.15, -0.1) is 24.5 Å². The third-order valence-corrected chi connectivity index (χ3v) is 8.28. The Hall–Kier alpha value is -2.41. The van der Waals surface area contributed by atoms with Crippen LogP contribution >= 0.6 is 22.9 Å². The van der Waals surface area contributed by atoms with Gasteiger partial charge in [0.15, 0.2) is 5.13 Å². The molecule has 0 aliphatic carbocycles. The smallest absolute Gasteiger partial charge is 0.406 e. The van der Waals surface area contributed by atoms with Gasteiger partial charge < -0.3 is 9.64 Å². The SMILES string of the molecule is O=S(=O)(c1ccc(OC(F)(F)F)cc1)N1CCN(c2nc(Cc3ccc(Cl)c(F)c3)cs2)CC1. The average Bonchev–Trinajstić information content (AvgIpc) is 3.24. The van der Waals surface area contributed by atoms with Gasteiger partial charge in [0.25, 0.3) is 0 Å². The van der Waals surface area contributed by atoms with E-state index in [-0.39, 0.29) is 23.0 Å². The average molecular weight is 536 g/mol. The molecular formula is C21H18ClF4N3O3S2. The van der Waals surface area contributed by atoms with Crippen LogP contribution in [0.15, 0.2) is 52.7 Å². The van der Waals surface area contributed by atoms with Gasteiger partial charge in [-0.3, -0.25) is 0 Å². The second kappa shape index (κ2) is 9.68. The maximum Gasteiger partial charge on any atom is 0.573 e. The van der Waals surface area contributed by atoms with Gasteiger partial charge in [0, 0.05) is 38.0 Å². The van der Waals surface area contributed by atoms with E-state index >= 15 is 0 Å². The zero-order valence-corrected chi connectivity index (χ0v) is 19.8. The third kappa shape index (κ3) is 5.80. The van der Waals surface area contributed by atoms with Crippen molar-refractivity contribution in [3.8, 4) is 5.75 Å². The lowest BCUT2D eigenvalue weighted by molar-refractivity contribution is -0.274. The predicted molar refractivity (Wildman–Crippen MR) is 120 cm³/mol. The highest BCUT2D eigenvalue weighted by atomic mass is 35.5. The fraction of sp³-hybridized carbons (Fsp3) is 0.286. The van der Waals surface area contributed by atoms with E-state index in [4.69, 9.17) is 11.6 Å². The van der Waals surface area contributed by atoms with Gasteiger partial charge in [-0.2, -0.15) is 4.31 Å². The zero-order valence-electron chi connectivity index (χ0n) is 17.4. The Morgan fingerprint density at radius 2 is 1.74 bits per heavy atom. The fourth-order valence-corrected chi connectivity index (χ4v) is 5.88. The van der Waals surface area contributed by atoms with Crippen molar-refractivity contribution in [1.29, 1.82) is 0 Å². The lowest BCUT2D eigenvalue weighted by atomic mass is 10.1. The van der Waals surface area contributed by atoms with E-state index < -0.39 is 28.0 Å². The Morgan fingerprint density at radius 1 is 1.06 bits per heavy atom. The standard InChI is InChI=1S/C21H18ClF4N3O3S2/c22-18-6-1-14(12-19(18)23)11-15-13-33-20(27-15)28-7-9-29(10-8-28)34(30,31)17-4-2-16(3-5-17)32-21(24,25)26/h1-6,12-13H,7-11H2. The maximum absolute atomic E-state index is 13.7. The molecule has 13 heteroatoms. The summed E-state index contributed by atoms with van der Waals surface area (Å²) in [5, 5.41) is 2.66. The molecule has 3 aromatic rings. The van der Waals surface area contributed by atoms with Crippen molar-refractivity contribution in [2.24, 2.45) is 0 Å². The topological polar surface area (TPSA) is 62.7 Å². The number of alkyl halides is 3. The summed E-state index contributed by atoms with van der Waals surface area (Å²) < 4.78 is 81.4. The van der Waals surface area contributed by atoms with Crippen LogP contribution in [0.2, 0.25) is 5.02 Å². The number of halogens is 5. The number of rotatable bonds is 6. The zero-order chi connectivity index (χ0) is 24.5. The van der Waals surface area contributed by atoms with Gasteiger partial charge in [0.2, 0.25) is 10.0 Å². The highest BCUT2D eigenvalue weighted by Gasteiger charge is 2.32. The first kappa shape index (κ1) is 24.7. The number of ether oxygens (including phenoxy) is 1. The quantitative estimate of drug-likeness (QED) is 0.419. The minimum absolute atomic E-state index is 0.0566. The molecule has 0 bridgehead atoms. The maximum atomic E-state index is 13.7. The first-order valence-corrected chi connectivity index (χ1v) is 12.7. The number of aromatic nitrogens is 1. The van der Waals surface area contributed by atoms with Crippen LogP contribution in [0.1, 0.15) is 11.3 Å². The molecule has 182 valence electrons. The Bertz CT molecular complexity index is 1260. The van der Waals surface area contributed by atoms with E-state index in [2.05, 4.69) is 9.72 Å². The van der Waals surface area contributed by atoms with E-state index in [1.807, 2.05) is 10.3 Å². The minimum Gasteiger partial charge on any atom is -0.406 e. The van der Waals surface area contributed by atoms with Crippen LogP contribution in [0.5, 0.6) is 5.75 Å². The molecular weight excluding hydrogens is 518 g/mol. The van der Waals surface area contributed by atoms with Crippen LogP contribution in [0.3, 0.4) is 0 Å². The Labute approximate surface area is 202 Å². The summed E-state index contributed by atoms with van der Waals surface area (Å²) in [4.78, 5) is 6.43. The van der Waals surface area contributed by atoms with E-state index in [0.717, 1.165) is 40.7 Å². The van der Waals surface area contributed by atoms with Crippen molar-refractivity contribution in [2.45, 2.75) is 17.7 Å². The van der Waals surface area contributed by atoms with E-state index in [1.165, 1.54) is 27.8 Å². The lowest BCUT2D eigenvalue weighted by Crippen LogP contribution is -2.48. The molecule has 1 aliphatic rings. The van der Waals surface area contributed by atoms with Crippen molar-refractivity contribution in [2.75, 3.05) is 31.1 Å². The first-order valence-electron chi connectivity index (χ1n) is 10.0. The molecule has 0 saturated carbocycles. The number of benzene rings is 2. The summed E-state index contributed by atoms with van der Waals surface area (Å²) in [5.74, 6) is -0.980. The fourth-order valence-electron chi connectivity index (χ4n) is 3.46. The van der Waals surface area contributed by atoms with Crippen LogP contribution in [-0.4, -0.2) is 50.2 Å². The van der Waals surface area contributed by atoms with E-state index in [9.17, 15) is 26.0 Å². The minimum atomic E-state index is -4.85. The molecule has 1 aliphatic heterocycles. The van der Waals surface area contributed by atoms with E-state index in [1.54, 1.807) is 6.07 Å². The van der Waals surface area contributed by atoms with Gasteiger partial charge in [0.1, 0.15) is 11.6 Å². The highest BCUT2D eigenvalue weighted by Crippen LogP contribution is 2.28. The van der Waals surface area contributed by atoms with Crippen LogP contribution in [0.4, 0.5) is 22.7 Å². The molecule has 34 heavy (non-hydrogen) atoms. The Kier molecular flexibility index (Phi) is 7.04. The summed E-state index contributed by atoms with van der Waals surface area (Å²) in [7, 11) is -3.86. The summed E-state index contributed by atoms with van der Waals surface area (Å²) in [6, 6.07) is 8.73. The third-order valence-electron chi connectivity index (χ3n) is 5.11. The monoisotopic (exact) mass is 535 g/mol. The van der Waals surface area contributed by atoms with Crippen LogP contribution in [0.25, 0.3) is 0 Å². The summed E-state index contributed by atoms with van der Waals surface area (Å²) in [6.07, 6.45) is -4.41. The summed E-state index contributed by atoms with van der Waals surface area (Å²) in [5.41, 5.74) is 1.50. The lowest BCUT2D eigenvalue weighted by Gasteiger charge is -2.33. The normalized spacial score (nSPS) is 15.5. The van der Waals surface area contributed by atoms with Crippen molar-refractivity contribution in [1.82, 2.24) is 9.29 Å². The van der Waals surface area contributed by atoms with Crippen LogP contribution in [-0.2, 0) is 16.4 Å². The molecule has 0 unspecified atom stereocenters. The van der Waals surface area contributed by atoms with Crippen molar-refractivity contribution >= 4 is 38.1 Å². The van der Waals surface area contributed by atoms with Gasteiger partial charge >= 0.3 is 6.36 Å². The van der Waals surface area contributed by atoms with Crippen molar-refractivity contribution < 1.29 is 30.7 Å². The first-order chi connectivity index (χ1) is 16.0. The molecule has 1 aromatic heterocycles. The molecule has 0 spiro atoms. The van der Waals surface area contributed by atoms with Gasteiger partial charge in [-0.1, -0.05) is 17.7 Å².